The van der Waals surface area contributed by atoms with Crippen molar-refractivity contribution in [3.8, 4) is 5.75 Å². The van der Waals surface area contributed by atoms with Gasteiger partial charge in [-0.3, -0.25) is 9.63 Å². The predicted octanol–water partition coefficient (Wildman–Crippen LogP) is 2.73. The highest BCUT2D eigenvalue weighted by Crippen LogP contribution is 2.40. The number of rotatable bonds is 6. The van der Waals surface area contributed by atoms with Crippen molar-refractivity contribution in [3.05, 3.63) is 65.7 Å². The van der Waals surface area contributed by atoms with Crippen LogP contribution in [0.5, 0.6) is 5.75 Å². The fourth-order valence-electron chi connectivity index (χ4n) is 2.55. The van der Waals surface area contributed by atoms with E-state index >= 15 is 0 Å². The predicted molar refractivity (Wildman–Crippen MR) is 84.6 cm³/mol. The van der Waals surface area contributed by atoms with Crippen LogP contribution in [0.1, 0.15) is 17.4 Å². The summed E-state index contributed by atoms with van der Waals surface area (Å²) in [5.41, 5.74) is 2.04. The molecule has 0 radical (unpaired) electrons. The topological polar surface area (TPSA) is 51.1 Å². The quantitative estimate of drug-likeness (QED) is 0.606. The van der Waals surface area contributed by atoms with Gasteiger partial charge in [-0.05, 0) is 23.3 Å². The number of carbonyl (C=O) groups excluding carboxylic acids is 1. The number of methoxy groups -OCH3 is 2. The molecule has 23 heavy (non-hydrogen) atoms. The molecular weight excluding hydrogens is 294 g/mol. The molecule has 1 saturated heterocycles. The summed E-state index contributed by atoms with van der Waals surface area (Å²) in [6.07, 6.45) is 0.314. The number of esters is 1. The Bertz CT molecular complexity index is 656. The smallest absolute Gasteiger partial charge is 0.325 e. The van der Waals surface area contributed by atoms with Crippen molar-refractivity contribution in [1.82, 2.24) is 5.06 Å². The fraction of sp³-hybridized carbons (Fsp3) is 0.278. The van der Waals surface area contributed by atoms with E-state index in [4.69, 9.17) is 14.3 Å². The van der Waals surface area contributed by atoms with E-state index in [0.717, 1.165) is 16.9 Å². The number of hydroxylamine groups is 2. The first-order valence-corrected chi connectivity index (χ1v) is 7.43. The Morgan fingerprint density at radius 1 is 1.13 bits per heavy atom. The zero-order valence-corrected chi connectivity index (χ0v) is 13.1. The third-order valence-corrected chi connectivity index (χ3v) is 3.86. The molecule has 0 aliphatic carbocycles. The van der Waals surface area contributed by atoms with E-state index in [1.54, 1.807) is 12.2 Å². The van der Waals surface area contributed by atoms with Gasteiger partial charge in [0.05, 0.1) is 14.2 Å². The minimum atomic E-state index is -0.463. The van der Waals surface area contributed by atoms with Gasteiger partial charge < -0.3 is 9.47 Å². The lowest BCUT2D eigenvalue weighted by Gasteiger charge is -2.13. The zero-order chi connectivity index (χ0) is 16.2. The van der Waals surface area contributed by atoms with Gasteiger partial charge in [-0.25, -0.2) is 0 Å². The van der Waals surface area contributed by atoms with E-state index in [2.05, 4.69) is 0 Å². The van der Waals surface area contributed by atoms with E-state index in [1.165, 1.54) is 7.11 Å². The maximum absolute atomic E-state index is 12.1. The molecule has 2 aromatic carbocycles. The Morgan fingerprint density at radius 3 is 2.43 bits per heavy atom. The van der Waals surface area contributed by atoms with Crippen LogP contribution in [-0.2, 0) is 20.8 Å². The second-order valence-corrected chi connectivity index (χ2v) is 5.32. The molecule has 1 aliphatic rings. The average Bonchev–Trinajstić information content (AvgIpc) is 3.40. The molecule has 120 valence electrons. The molecule has 0 aromatic heterocycles. The summed E-state index contributed by atoms with van der Waals surface area (Å²) in [4.78, 5) is 17.7. The molecule has 1 aliphatic heterocycles. The van der Waals surface area contributed by atoms with E-state index in [-0.39, 0.29) is 12.2 Å². The normalized spacial score (nSPS) is 20.6. The molecule has 1 heterocycles. The van der Waals surface area contributed by atoms with Crippen LogP contribution in [0.25, 0.3) is 0 Å². The Morgan fingerprint density at radius 2 is 1.83 bits per heavy atom. The summed E-state index contributed by atoms with van der Waals surface area (Å²) in [7, 11) is 3.02. The summed E-state index contributed by atoms with van der Waals surface area (Å²) in [6, 6.07) is 17.0. The first kappa shape index (κ1) is 15.5. The summed E-state index contributed by atoms with van der Waals surface area (Å²) in [5, 5.41) is 1.68. The van der Waals surface area contributed by atoms with E-state index in [9.17, 15) is 4.79 Å². The number of ether oxygens (including phenoxy) is 2. The maximum atomic E-state index is 12.1. The van der Waals surface area contributed by atoms with Crippen molar-refractivity contribution in [2.45, 2.75) is 18.7 Å². The fourth-order valence-corrected chi connectivity index (χ4v) is 2.55. The molecule has 0 amide bonds. The van der Waals surface area contributed by atoms with Crippen LogP contribution in [0.2, 0.25) is 0 Å². The van der Waals surface area contributed by atoms with Crippen molar-refractivity contribution < 1.29 is 19.1 Å². The molecule has 2 aromatic rings. The van der Waals surface area contributed by atoms with Crippen LogP contribution in [0.15, 0.2) is 54.6 Å². The number of carbonyl (C=O) groups is 1. The highest BCUT2D eigenvalue weighted by atomic mass is 16.8. The first-order chi connectivity index (χ1) is 11.2. The summed E-state index contributed by atoms with van der Waals surface area (Å²) in [6.45, 7) is 0. The molecule has 0 N–H and O–H groups in total. The first-order valence-electron chi connectivity index (χ1n) is 7.43. The van der Waals surface area contributed by atoms with Crippen LogP contribution in [-0.4, -0.2) is 31.3 Å². The van der Waals surface area contributed by atoms with Crippen molar-refractivity contribution in [1.29, 1.82) is 0 Å². The zero-order valence-electron chi connectivity index (χ0n) is 13.1. The molecular formula is C18H19NO4. The minimum Gasteiger partial charge on any atom is -0.497 e. The highest BCUT2D eigenvalue weighted by molar-refractivity contribution is 5.76. The van der Waals surface area contributed by atoms with Gasteiger partial charge in [0.15, 0.2) is 6.23 Å². The lowest BCUT2D eigenvalue weighted by atomic mass is 10.1. The molecule has 0 spiro atoms. The lowest BCUT2D eigenvalue weighted by Crippen LogP contribution is -2.32. The summed E-state index contributed by atoms with van der Waals surface area (Å²) < 4.78 is 10.1. The van der Waals surface area contributed by atoms with E-state index in [0.29, 0.717) is 6.42 Å². The van der Waals surface area contributed by atoms with Gasteiger partial charge >= 0.3 is 5.97 Å². The molecule has 2 unspecified atom stereocenters. The van der Waals surface area contributed by atoms with Gasteiger partial charge in [0, 0.05) is 6.42 Å². The standard InChI is InChI=1S/C18H19NO4/c1-21-15-10-8-14(9-11-15)17-19(23-17)16(18(20)22-2)12-13-6-4-3-5-7-13/h3-11,16-17H,12H2,1-2H3/t16-,17?,19?/m0/s1. The minimum absolute atomic E-state index is 0.228. The van der Waals surface area contributed by atoms with E-state index in [1.807, 2.05) is 54.6 Å². The molecule has 3 rings (SSSR count). The Labute approximate surface area is 135 Å². The van der Waals surface area contributed by atoms with Crippen molar-refractivity contribution in [2.75, 3.05) is 14.2 Å². The van der Waals surface area contributed by atoms with Crippen LogP contribution in [0.3, 0.4) is 0 Å². The molecule has 1 fully saturated rings. The number of nitrogens with zero attached hydrogens (tertiary/aromatic N) is 1. The second-order valence-electron chi connectivity index (χ2n) is 5.32. The third-order valence-electron chi connectivity index (χ3n) is 3.86. The maximum Gasteiger partial charge on any atom is 0.325 e. The van der Waals surface area contributed by atoms with Crippen LogP contribution in [0, 0.1) is 0 Å². The molecule has 3 atom stereocenters. The Kier molecular flexibility index (Phi) is 4.60. The SMILES string of the molecule is COC(=O)[C@H](Cc1ccccc1)N1OC1c1ccc(OC)cc1. The largest absolute Gasteiger partial charge is 0.497 e. The van der Waals surface area contributed by atoms with Gasteiger partial charge in [-0.1, -0.05) is 42.5 Å². The van der Waals surface area contributed by atoms with Gasteiger partial charge in [0.25, 0.3) is 0 Å². The number of hydrogen-bond acceptors (Lipinski definition) is 5. The highest BCUT2D eigenvalue weighted by Gasteiger charge is 2.47. The van der Waals surface area contributed by atoms with Crippen LogP contribution >= 0.6 is 0 Å². The Hall–Kier alpha value is -2.37. The number of benzene rings is 2. The van der Waals surface area contributed by atoms with Crippen LogP contribution < -0.4 is 4.74 Å². The third kappa shape index (κ3) is 3.52. The molecule has 0 bridgehead atoms. The molecule has 0 saturated carbocycles. The monoisotopic (exact) mass is 313 g/mol. The van der Waals surface area contributed by atoms with Gasteiger partial charge in [-0.2, -0.15) is 0 Å². The molecule has 5 nitrogen and oxygen atoms in total. The van der Waals surface area contributed by atoms with Crippen molar-refractivity contribution in [2.24, 2.45) is 0 Å². The Balaban J connectivity index is 1.72. The average molecular weight is 313 g/mol. The lowest BCUT2D eigenvalue weighted by molar-refractivity contribution is -0.147. The van der Waals surface area contributed by atoms with Gasteiger partial charge in [0.1, 0.15) is 11.8 Å². The van der Waals surface area contributed by atoms with Crippen LogP contribution in [0.4, 0.5) is 0 Å². The van der Waals surface area contributed by atoms with Crippen molar-refractivity contribution >= 4 is 5.97 Å². The number of hydrogen-bond donors (Lipinski definition) is 0. The van der Waals surface area contributed by atoms with Gasteiger partial charge in [-0.15, -0.1) is 5.06 Å². The van der Waals surface area contributed by atoms with Crippen molar-refractivity contribution in [3.63, 3.8) is 0 Å². The molecule has 5 heteroatoms. The second kappa shape index (κ2) is 6.81. The van der Waals surface area contributed by atoms with E-state index < -0.39 is 6.04 Å². The summed E-state index contributed by atoms with van der Waals surface area (Å²) >= 11 is 0. The summed E-state index contributed by atoms with van der Waals surface area (Å²) in [5.74, 6) is 0.486. The van der Waals surface area contributed by atoms with Gasteiger partial charge in [0.2, 0.25) is 0 Å².